The lowest BCUT2D eigenvalue weighted by Crippen LogP contribution is -2.44. The van der Waals surface area contributed by atoms with Crippen molar-refractivity contribution in [2.24, 2.45) is 5.92 Å². The van der Waals surface area contributed by atoms with Gasteiger partial charge in [-0.25, -0.2) is 0 Å². The van der Waals surface area contributed by atoms with Gasteiger partial charge in [-0.05, 0) is 25.3 Å². The lowest BCUT2D eigenvalue weighted by Gasteiger charge is -2.27. The number of amides is 1. The van der Waals surface area contributed by atoms with Gasteiger partial charge in [-0.3, -0.25) is 9.59 Å². The summed E-state index contributed by atoms with van der Waals surface area (Å²) in [6, 6.07) is 0. The topological polar surface area (TPSA) is 78.9 Å². The highest BCUT2D eigenvalue weighted by Crippen LogP contribution is 2.09. The summed E-state index contributed by atoms with van der Waals surface area (Å²) in [6.07, 6.45) is 1.80. The number of nitrogens with one attached hydrogen (secondary N) is 1. The molecule has 1 saturated heterocycles. The molecule has 0 bridgehead atoms. The second-order valence-electron chi connectivity index (χ2n) is 5.00. The predicted molar refractivity (Wildman–Crippen MR) is 70.9 cm³/mol. The first-order valence-electron chi connectivity index (χ1n) is 6.87. The Kier molecular flexibility index (Phi) is 7.43. The van der Waals surface area contributed by atoms with Crippen LogP contribution in [0.2, 0.25) is 0 Å². The van der Waals surface area contributed by atoms with Gasteiger partial charge >= 0.3 is 5.97 Å². The Morgan fingerprint density at radius 3 is 2.63 bits per heavy atom. The fourth-order valence-corrected chi connectivity index (χ4v) is 1.98. The van der Waals surface area contributed by atoms with E-state index in [-0.39, 0.29) is 12.3 Å². The summed E-state index contributed by atoms with van der Waals surface area (Å²) in [7, 11) is 0. The number of carboxylic acid groups (broad SMARTS) is 1. The number of rotatable bonds is 8. The molecule has 0 aromatic rings. The summed E-state index contributed by atoms with van der Waals surface area (Å²) in [5.74, 6) is -0.272. The minimum atomic E-state index is -0.748. The van der Waals surface area contributed by atoms with Gasteiger partial charge in [0.05, 0.1) is 19.8 Å². The van der Waals surface area contributed by atoms with Crippen LogP contribution < -0.4 is 5.32 Å². The molecule has 0 saturated carbocycles. The molecule has 0 spiro atoms. The Morgan fingerprint density at radius 2 is 2.00 bits per heavy atom. The van der Waals surface area contributed by atoms with Gasteiger partial charge < -0.3 is 20.1 Å². The monoisotopic (exact) mass is 272 g/mol. The van der Waals surface area contributed by atoms with Crippen molar-refractivity contribution in [2.45, 2.75) is 26.2 Å². The average Bonchev–Trinajstić information content (AvgIpc) is 2.42. The van der Waals surface area contributed by atoms with Crippen molar-refractivity contribution >= 4 is 11.9 Å². The smallest absolute Gasteiger partial charge is 0.303 e. The fraction of sp³-hybridized carbons (Fsp3) is 0.846. The SMILES string of the molecule is CC(CCNCC(=O)N1CCOCC1)CCC(=O)O. The maximum atomic E-state index is 11.8. The Morgan fingerprint density at radius 1 is 1.32 bits per heavy atom. The van der Waals surface area contributed by atoms with Crippen LogP contribution in [0.3, 0.4) is 0 Å². The highest BCUT2D eigenvalue weighted by atomic mass is 16.5. The van der Waals surface area contributed by atoms with Crippen LogP contribution in [0, 0.1) is 5.92 Å². The molecule has 1 aliphatic rings. The molecule has 19 heavy (non-hydrogen) atoms. The van der Waals surface area contributed by atoms with E-state index >= 15 is 0 Å². The van der Waals surface area contributed by atoms with Crippen molar-refractivity contribution in [3.05, 3.63) is 0 Å². The Hall–Kier alpha value is -1.14. The van der Waals surface area contributed by atoms with E-state index in [0.717, 1.165) is 13.0 Å². The summed E-state index contributed by atoms with van der Waals surface area (Å²) >= 11 is 0. The van der Waals surface area contributed by atoms with Crippen LogP contribution in [-0.4, -0.2) is 61.3 Å². The summed E-state index contributed by atoms with van der Waals surface area (Å²) < 4.78 is 5.19. The number of aliphatic carboxylic acids is 1. The molecule has 0 radical (unpaired) electrons. The van der Waals surface area contributed by atoms with Crippen molar-refractivity contribution in [3.8, 4) is 0 Å². The Balaban J connectivity index is 2.03. The number of morpholine rings is 1. The molecule has 2 N–H and O–H groups in total. The van der Waals surface area contributed by atoms with Crippen molar-refractivity contribution in [2.75, 3.05) is 39.4 Å². The standard InChI is InChI=1S/C13H24N2O4/c1-11(2-3-13(17)18)4-5-14-10-12(16)15-6-8-19-9-7-15/h11,14H,2-10H2,1H3,(H,17,18). The lowest BCUT2D eigenvalue weighted by molar-refractivity contribution is -0.137. The maximum Gasteiger partial charge on any atom is 0.303 e. The third-order valence-corrected chi connectivity index (χ3v) is 3.30. The molecule has 1 aliphatic heterocycles. The third-order valence-electron chi connectivity index (χ3n) is 3.30. The molecule has 6 heteroatoms. The summed E-state index contributed by atoms with van der Waals surface area (Å²) in [5, 5.41) is 11.7. The largest absolute Gasteiger partial charge is 0.481 e. The first-order valence-corrected chi connectivity index (χ1v) is 6.87. The second kappa shape index (κ2) is 8.87. The van der Waals surface area contributed by atoms with Crippen LogP contribution in [0.5, 0.6) is 0 Å². The summed E-state index contributed by atoms with van der Waals surface area (Å²) in [6.45, 7) is 5.73. The zero-order valence-corrected chi connectivity index (χ0v) is 11.6. The van der Waals surface area contributed by atoms with E-state index in [1.807, 2.05) is 11.8 Å². The normalized spacial score (nSPS) is 17.2. The highest BCUT2D eigenvalue weighted by Gasteiger charge is 2.15. The predicted octanol–water partition coefficient (Wildman–Crippen LogP) is 0.326. The molecule has 1 heterocycles. The van der Waals surface area contributed by atoms with E-state index in [1.54, 1.807) is 0 Å². The van der Waals surface area contributed by atoms with Gasteiger partial charge in [0.25, 0.3) is 0 Å². The molecule has 0 aromatic carbocycles. The number of carboxylic acids is 1. The molecule has 0 aromatic heterocycles. The Bertz CT molecular complexity index is 290. The van der Waals surface area contributed by atoms with Gasteiger partial charge in [-0.15, -0.1) is 0 Å². The minimum absolute atomic E-state index is 0.112. The molecule has 6 nitrogen and oxygen atoms in total. The first-order chi connectivity index (χ1) is 9.09. The molecule has 110 valence electrons. The van der Waals surface area contributed by atoms with Gasteiger partial charge in [0.15, 0.2) is 0 Å². The van der Waals surface area contributed by atoms with Gasteiger partial charge in [0.2, 0.25) is 5.91 Å². The number of carbonyl (C=O) groups is 2. The second-order valence-corrected chi connectivity index (χ2v) is 5.00. The average molecular weight is 272 g/mol. The molecular formula is C13H24N2O4. The van der Waals surface area contributed by atoms with Crippen LogP contribution in [0.15, 0.2) is 0 Å². The van der Waals surface area contributed by atoms with Crippen LogP contribution in [0.4, 0.5) is 0 Å². The molecule has 1 atom stereocenters. The molecule has 1 unspecified atom stereocenters. The van der Waals surface area contributed by atoms with Gasteiger partial charge in [-0.2, -0.15) is 0 Å². The van der Waals surface area contributed by atoms with E-state index in [1.165, 1.54) is 0 Å². The van der Waals surface area contributed by atoms with Gasteiger partial charge in [0.1, 0.15) is 0 Å². The number of hydrogen-bond donors (Lipinski definition) is 2. The summed E-state index contributed by atoms with van der Waals surface area (Å²) in [4.78, 5) is 24.0. The fourth-order valence-electron chi connectivity index (χ4n) is 1.98. The van der Waals surface area contributed by atoms with Crippen molar-refractivity contribution < 1.29 is 19.4 Å². The van der Waals surface area contributed by atoms with E-state index < -0.39 is 5.97 Å². The molecule has 1 amide bonds. The van der Waals surface area contributed by atoms with E-state index in [4.69, 9.17) is 9.84 Å². The first kappa shape index (κ1) is 15.9. The third kappa shape index (κ3) is 7.12. The maximum absolute atomic E-state index is 11.8. The molecule has 1 fully saturated rings. The van der Waals surface area contributed by atoms with Crippen LogP contribution in [0.25, 0.3) is 0 Å². The number of ether oxygens (including phenoxy) is 1. The summed E-state index contributed by atoms with van der Waals surface area (Å²) in [5.41, 5.74) is 0. The van der Waals surface area contributed by atoms with Crippen LogP contribution in [0.1, 0.15) is 26.2 Å². The number of nitrogens with zero attached hydrogens (tertiary/aromatic N) is 1. The molecule has 1 rings (SSSR count). The minimum Gasteiger partial charge on any atom is -0.481 e. The van der Waals surface area contributed by atoms with Gasteiger partial charge in [0, 0.05) is 19.5 Å². The van der Waals surface area contributed by atoms with Gasteiger partial charge in [-0.1, -0.05) is 6.92 Å². The van der Waals surface area contributed by atoms with Crippen LogP contribution in [-0.2, 0) is 14.3 Å². The highest BCUT2D eigenvalue weighted by molar-refractivity contribution is 5.78. The van der Waals surface area contributed by atoms with Crippen LogP contribution >= 0.6 is 0 Å². The zero-order chi connectivity index (χ0) is 14.1. The molecular weight excluding hydrogens is 248 g/mol. The van der Waals surface area contributed by atoms with Crippen molar-refractivity contribution in [1.29, 1.82) is 0 Å². The zero-order valence-electron chi connectivity index (χ0n) is 11.6. The lowest BCUT2D eigenvalue weighted by atomic mass is 10.0. The number of carbonyl (C=O) groups excluding carboxylic acids is 1. The quantitative estimate of drug-likeness (QED) is 0.622. The number of hydrogen-bond acceptors (Lipinski definition) is 4. The Labute approximate surface area is 114 Å². The molecule has 0 aliphatic carbocycles. The van der Waals surface area contributed by atoms with E-state index in [9.17, 15) is 9.59 Å². The van der Waals surface area contributed by atoms with Crippen molar-refractivity contribution in [1.82, 2.24) is 10.2 Å². The van der Waals surface area contributed by atoms with Crippen molar-refractivity contribution in [3.63, 3.8) is 0 Å². The van der Waals surface area contributed by atoms with E-state index in [2.05, 4.69) is 5.32 Å². The van der Waals surface area contributed by atoms with E-state index in [0.29, 0.717) is 45.2 Å².